The van der Waals surface area contributed by atoms with Crippen molar-refractivity contribution in [1.82, 2.24) is 9.66 Å². The number of aromatic nitrogens is 2. The van der Waals surface area contributed by atoms with E-state index in [1.807, 2.05) is 47.4 Å². The molecule has 0 atom stereocenters. The van der Waals surface area contributed by atoms with Crippen LogP contribution in [0.3, 0.4) is 0 Å². The lowest BCUT2D eigenvalue weighted by atomic mass is 10.2. The molecule has 0 fully saturated rings. The van der Waals surface area contributed by atoms with Gasteiger partial charge in [0.25, 0.3) is 0 Å². The Bertz CT molecular complexity index is 1010. The molecule has 0 aliphatic rings. The van der Waals surface area contributed by atoms with Crippen molar-refractivity contribution >= 4 is 28.9 Å². The van der Waals surface area contributed by atoms with Crippen molar-refractivity contribution in [1.29, 1.82) is 0 Å². The summed E-state index contributed by atoms with van der Waals surface area (Å²) >= 11 is 3.31. The van der Waals surface area contributed by atoms with E-state index < -0.39 is 0 Å². The largest absolute Gasteiger partial charge is 0.360 e. The van der Waals surface area contributed by atoms with Crippen molar-refractivity contribution in [2.75, 3.05) is 0 Å². The van der Waals surface area contributed by atoms with Gasteiger partial charge in [0.1, 0.15) is 0 Å². The Hall–Kier alpha value is -2.70. The lowest BCUT2D eigenvalue weighted by Crippen LogP contribution is -2.12. The molecule has 3 aromatic heterocycles. The van der Waals surface area contributed by atoms with Gasteiger partial charge in [-0.3, -0.25) is 4.99 Å². The minimum atomic E-state index is 0.642. The van der Waals surface area contributed by atoms with Crippen LogP contribution in [0.15, 0.2) is 81.6 Å². The first kappa shape index (κ1) is 15.8. The second-order valence-corrected chi connectivity index (χ2v) is 7.15. The molecule has 0 unspecified atom stereocenters. The van der Waals surface area contributed by atoms with Crippen LogP contribution in [0.1, 0.15) is 11.3 Å². The van der Waals surface area contributed by atoms with Gasteiger partial charge in [-0.05, 0) is 29.1 Å². The quantitative estimate of drug-likeness (QED) is 0.504. The van der Waals surface area contributed by atoms with E-state index in [1.165, 1.54) is 10.4 Å². The number of hydrogen-bond donors (Lipinski definition) is 1. The van der Waals surface area contributed by atoms with Crippen LogP contribution in [0.4, 0.5) is 0 Å². The smallest absolute Gasteiger partial charge is 0.206 e. The number of H-pyrrole nitrogens is 1. The number of rotatable bonds is 5. The monoisotopic (exact) mass is 364 g/mol. The summed E-state index contributed by atoms with van der Waals surface area (Å²) < 4.78 is 1.92. The van der Waals surface area contributed by atoms with E-state index in [4.69, 9.17) is 4.99 Å². The lowest BCUT2D eigenvalue weighted by molar-refractivity contribution is 0.825. The molecule has 0 aliphatic carbocycles. The maximum Gasteiger partial charge on any atom is 0.206 e. The highest BCUT2D eigenvalue weighted by atomic mass is 32.1. The summed E-state index contributed by atoms with van der Waals surface area (Å²) in [7, 11) is 0. The first-order chi connectivity index (χ1) is 12.4. The summed E-state index contributed by atoms with van der Waals surface area (Å²) in [6.45, 7) is 0.642. The molecule has 0 aliphatic heterocycles. The van der Waals surface area contributed by atoms with Crippen LogP contribution in [0.25, 0.3) is 10.6 Å². The average Bonchev–Trinajstić information content (AvgIpc) is 3.40. The Kier molecular flexibility index (Phi) is 4.72. The minimum absolute atomic E-state index is 0.642. The molecule has 1 N–H and O–H groups in total. The van der Waals surface area contributed by atoms with Gasteiger partial charge in [0, 0.05) is 11.6 Å². The fraction of sp³-hybridized carbons (Fsp3) is 0.0526. The van der Waals surface area contributed by atoms with Gasteiger partial charge in [0.2, 0.25) is 4.80 Å². The number of nitrogens with one attached hydrogen (secondary N) is 1. The third-order valence-electron chi connectivity index (χ3n) is 3.63. The third-order valence-corrected chi connectivity index (χ3v) is 5.38. The number of benzene rings is 1. The molecule has 0 amide bonds. The van der Waals surface area contributed by atoms with Crippen LogP contribution in [0.2, 0.25) is 0 Å². The SMILES string of the molecule is C(=Nn1c(-c2cccs2)csc1=NCc1ccccc1)c1ccc[nH]1. The van der Waals surface area contributed by atoms with Crippen molar-refractivity contribution < 1.29 is 0 Å². The highest BCUT2D eigenvalue weighted by Crippen LogP contribution is 2.25. The molecule has 124 valence electrons. The topological polar surface area (TPSA) is 45.4 Å². The second kappa shape index (κ2) is 7.46. The van der Waals surface area contributed by atoms with E-state index >= 15 is 0 Å². The highest BCUT2D eigenvalue weighted by Gasteiger charge is 2.08. The van der Waals surface area contributed by atoms with Crippen LogP contribution in [-0.2, 0) is 6.54 Å². The number of thiophene rings is 1. The minimum Gasteiger partial charge on any atom is -0.360 e. The van der Waals surface area contributed by atoms with Gasteiger partial charge >= 0.3 is 0 Å². The number of nitrogens with zero attached hydrogens (tertiary/aromatic N) is 3. The second-order valence-electron chi connectivity index (χ2n) is 5.36. The van der Waals surface area contributed by atoms with Gasteiger partial charge in [0.15, 0.2) is 0 Å². The molecule has 4 aromatic rings. The summed E-state index contributed by atoms with van der Waals surface area (Å²) in [4.78, 5) is 9.98. The van der Waals surface area contributed by atoms with Crippen LogP contribution >= 0.6 is 22.7 Å². The molecule has 0 spiro atoms. The van der Waals surface area contributed by atoms with E-state index in [9.17, 15) is 0 Å². The van der Waals surface area contributed by atoms with Crippen molar-refractivity contribution in [3.8, 4) is 10.6 Å². The normalized spacial score (nSPS) is 12.2. The van der Waals surface area contributed by atoms with Gasteiger partial charge in [-0.15, -0.1) is 22.7 Å². The number of hydrogen-bond acceptors (Lipinski definition) is 4. The molecule has 3 heterocycles. The molecule has 1 aromatic carbocycles. The van der Waals surface area contributed by atoms with E-state index in [-0.39, 0.29) is 0 Å². The summed E-state index contributed by atoms with van der Waals surface area (Å²) in [5.74, 6) is 0. The predicted molar refractivity (Wildman–Crippen MR) is 105 cm³/mol. The molecule has 25 heavy (non-hydrogen) atoms. The van der Waals surface area contributed by atoms with E-state index in [2.05, 4.69) is 45.1 Å². The summed E-state index contributed by atoms with van der Waals surface area (Å²) in [6, 6.07) is 18.4. The number of thiazole rings is 1. The van der Waals surface area contributed by atoms with E-state index in [1.54, 1.807) is 22.7 Å². The van der Waals surface area contributed by atoms with Gasteiger partial charge in [0.05, 0.1) is 29.0 Å². The zero-order chi connectivity index (χ0) is 16.9. The fourth-order valence-corrected chi connectivity index (χ4v) is 4.03. The molecule has 0 saturated carbocycles. The van der Waals surface area contributed by atoms with Gasteiger partial charge in [-0.2, -0.15) is 5.10 Å². The Labute approximate surface area is 153 Å². The maximum absolute atomic E-state index is 4.77. The van der Waals surface area contributed by atoms with Gasteiger partial charge in [-0.25, -0.2) is 4.68 Å². The average molecular weight is 364 g/mol. The molecule has 4 nitrogen and oxygen atoms in total. The predicted octanol–water partition coefficient (Wildman–Crippen LogP) is 4.59. The summed E-state index contributed by atoms with van der Waals surface area (Å²) in [6.07, 6.45) is 3.71. The van der Waals surface area contributed by atoms with Crippen LogP contribution in [0, 0.1) is 0 Å². The molecule has 0 saturated heterocycles. The van der Waals surface area contributed by atoms with Crippen LogP contribution in [-0.4, -0.2) is 15.9 Å². The van der Waals surface area contributed by atoms with Crippen LogP contribution in [0.5, 0.6) is 0 Å². The first-order valence-electron chi connectivity index (χ1n) is 7.87. The summed E-state index contributed by atoms with van der Waals surface area (Å²) in [5, 5.41) is 8.85. The first-order valence-corrected chi connectivity index (χ1v) is 9.63. The molecule has 0 radical (unpaired) electrons. The van der Waals surface area contributed by atoms with Crippen molar-refractivity contribution in [3.63, 3.8) is 0 Å². The Morgan fingerprint density at radius 3 is 2.68 bits per heavy atom. The molecule has 0 bridgehead atoms. The molecular weight excluding hydrogens is 348 g/mol. The third kappa shape index (κ3) is 3.70. The Morgan fingerprint density at radius 1 is 1.00 bits per heavy atom. The van der Waals surface area contributed by atoms with E-state index in [0.29, 0.717) is 6.54 Å². The summed E-state index contributed by atoms with van der Waals surface area (Å²) in [5.41, 5.74) is 3.22. The number of aromatic amines is 1. The zero-order valence-electron chi connectivity index (χ0n) is 13.4. The van der Waals surface area contributed by atoms with Crippen molar-refractivity contribution in [3.05, 3.63) is 87.6 Å². The molecule has 6 heteroatoms. The molecule has 4 rings (SSSR count). The van der Waals surface area contributed by atoms with Crippen molar-refractivity contribution in [2.45, 2.75) is 6.54 Å². The van der Waals surface area contributed by atoms with Crippen LogP contribution < -0.4 is 4.80 Å². The van der Waals surface area contributed by atoms with Crippen molar-refractivity contribution in [2.24, 2.45) is 10.1 Å². The maximum atomic E-state index is 4.77. The standard InChI is InChI=1S/C19H16N4S2/c1-2-6-15(7-3-1)12-21-19-23(22-13-16-8-4-10-20-16)17(14-25-19)18-9-5-11-24-18/h1-11,13-14,20H,12H2. The van der Waals surface area contributed by atoms with E-state index in [0.717, 1.165) is 16.2 Å². The Morgan fingerprint density at radius 2 is 1.92 bits per heavy atom. The lowest BCUT2D eigenvalue weighted by Gasteiger charge is -2.01. The fourth-order valence-electron chi connectivity index (χ4n) is 2.40. The van der Waals surface area contributed by atoms with Gasteiger partial charge in [-0.1, -0.05) is 36.4 Å². The zero-order valence-corrected chi connectivity index (χ0v) is 15.0. The molecular formula is C19H16N4S2. The Balaban J connectivity index is 1.73. The highest BCUT2D eigenvalue weighted by molar-refractivity contribution is 7.14. The van der Waals surface area contributed by atoms with Gasteiger partial charge < -0.3 is 4.98 Å².